The molecule has 8 heteroatoms. The molecule has 166 valence electrons. The van der Waals surface area contributed by atoms with E-state index in [0.29, 0.717) is 33.8 Å². The minimum absolute atomic E-state index is 0.288. The fourth-order valence-corrected chi connectivity index (χ4v) is 4.12. The van der Waals surface area contributed by atoms with Crippen LogP contribution in [0.2, 0.25) is 0 Å². The summed E-state index contributed by atoms with van der Waals surface area (Å²) >= 11 is 3.48. The molecule has 0 spiro atoms. The van der Waals surface area contributed by atoms with Gasteiger partial charge in [-0.2, -0.15) is 9.78 Å². The van der Waals surface area contributed by atoms with Crippen molar-refractivity contribution in [2.24, 2.45) is 5.10 Å². The third kappa shape index (κ3) is 3.98. The highest BCUT2D eigenvalue weighted by Crippen LogP contribution is 2.29. The SMILES string of the molecule is CCN(CC)c1ccc(C=Nn2c(-c3cc4cc(Br)ccc4o3)nc3ccccc3c2=O)o1. The van der Waals surface area contributed by atoms with Crippen molar-refractivity contribution in [3.63, 3.8) is 0 Å². The molecular weight excluding hydrogens is 484 g/mol. The predicted octanol–water partition coefficient (Wildman–Crippen LogP) is 5.89. The largest absolute Gasteiger partial charge is 0.453 e. The van der Waals surface area contributed by atoms with Gasteiger partial charge in [0.1, 0.15) is 11.3 Å². The number of fused-ring (bicyclic) bond motifs is 2. The molecule has 0 radical (unpaired) electrons. The first-order valence-corrected chi connectivity index (χ1v) is 11.5. The molecule has 5 rings (SSSR count). The van der Waals surface area contributed by atoms with Crippen LogP contribution in [-0.2, 0) is 0 Å². The van der Waals surface area contributed by atoms with Gasteiger partial charge in [0.05, 0.1) is 17.1 Å². The van der Waals surface area contributed by atoms with E-state index in [0.717, 1.165) is 28.8 Å². The first kappa shape index (κ1) is 21.2. The fourth-order valence-electron chi connectivity index (χ4n) is 3.75. The van der Waals surface area contributed by atoms with Crippen molar-refractivity contribution < 1.29 is 8.83 Å². The van der Waals surface area contributed by atoms with Crippen molar-refractivity contribution in [1.82, 2.24) is 9.66 Å². The van der Waals surface area contributed by atoms with Crippen molar-refractivity contribution in [1.29, 1.82) is 0 Å². The molecule has 0 N–H and O–H groups in total. The molecule has 0 unspecified atom stereocenters. The lowest BCUT2D eigenvalue weighted by atomic mass is 10.2. The van der Waals surface area contributed by atoms with E-state index >= 15 is 0 Å². The van der Waals surface area contributed by atoms with Crippen molar-refractivity contribution in [2.75, 3.05) is 18.0 Å². The smallest absolute Gasteiger partial charge is 0.282 e. The van der Waals surface area contributed by atoms with Crippen LogP contribution in [0.4, 0.5) is 5.88 Å². The Labute approximate surface area is 198 Å². The molecule has 0 saturated carbocycles. The maximum absolute atomic E-state index is 13.3. The maximum Gasteiger partial charge on any atom is 0.282 e. The number of nitrogens with zero attached hydrogens (tertiary/aromatic N) is 4. The third-order valence-corrected chi connectivity index (χ3v) is 5.93. The number of aromatic nitrogens is 2. The monoisotopic (exact) mass is 504 g/mol. The minimum Gasteiger partial charge on any atom is -0.453 e. The lowest BCUT2D eigenvalue weighted by molar-refractivity contribution is 0.543. The van der Waals surface area contributed by atoms with Crippen molar-refractivity contribution in [3.8, 4) is 11.6 Å². The zero-order chi connectivity index (χ0) is 22.9. The van der Waals surface area contributed by atoms with Gasteiger partial charge in [-0.15, -0.1) is 0 Å². The molecule has 0 amide bonds. The van der Waals surface area contributed by atoms with Crippen molar-refractivity contribution in [3.05, 3.63) is 81.3 Å². The van der Waals surface area contributed by atoms with Crippen LogP contribution in [0.5, 0.6) is 0 Å². The van der Waals surface area contributed by atoms with Crippen molar-refractivity contribution in [2.45, 2.75) is 13.8 Å². The Morgan fingerprint density at radius 1 is 1.06 bits per heavy atom. The van der Waals surface area contributed by atoms with Crippen LogP contribution < -0.4 is 10.5 Å². The normalized spacial score (nSPS) is 11.7. The molecule has 33 heavy (non-hydrogen) atoms. The van der Waals surface area contributed by atoms with Gasteiger partial charge >= 0.3 is 0 Å². The highest BCUT2D eigenvalue weighted by atomic mass is 79.9. The number of anilines is 1. The second-order valence-electron chi connectivity index (χ2n) is 7.46. The van der Waals surface area contributed by atoms with E-state index in [1.807, 2.05) is 42.5 Å². The average Bonchev–Trinajstić information content (AvgIpc) is 3.46. The predicted molar refractivity (Wildman–Crippen MR) is 134 cm³/mol. The summed E-state index contributed by atoms with van der Waals surface area (Å²) in [6, 6.07) is 18.5. The minimum atomic E-state index is -0.288. The average molecular weight is 505 g/mol. The Kier molecular flexibility index (Phi) is 5.60. The van der Waals surface area contributed by atoms with Crippen LogP contribution in [0.1, 0.15) is 19.6 Å². The molecule has 0 saturated heterocycles. The molecule has 0 fully saturated rings. The Bertz CT molecular complexity index is 1540. The first-order valence-electron chi connectivity index (χ1n) is 10.7. The van der Waals surface area contributed by atoms with E-state index in [2.05, 4.69) is 39.8 Å². The number of benzene rings is 2. The summed E-state index contributed by atoms with van der Waals surface area (Å²) in [5.74, 6) is 2.06. The molecule has 0 atom stereocenters. The summed E-state index contributed by atoms with van der Waals surface area (Å²) in [5.41, 5.74) is 0.984. The second kappa shape index (κ2) is 8.71. The Balaban J connectivity index is 1.65. The van der Waals surface area contributed by atoms with Crippen LogP contribution in [0.3, 0.4) is 0 Å². The molecular formula is C25H21BrN4O3. The molecule has 0 aliphatic heterocycles. The second-order valence-corrected chi connectivity index (χ2v) is 8.37. The van der Waals surface area contributed by atoms with Gasteiger partial charge in [-0.25, -0.2) is 4.98 Å². The highest BCUT2D eigenvalue weighted by Gasteiger charge is 2.17. The van der Waals surface area contributed by atoms with Gasteiger partial charge in [0.15, 0.2) is 11.6 Å². The van der Waals surface area contributed by atoms with Gasteiger partial charge in [0.2, 0.25) is 5.82 Å². The van der Waals surface area contributed by atoms with E-state index in [-0.39, 0.29) is 5.56 Å². The standard InChI is InChI=1S/C25H21BrN4O3/c1-3-29(4-2)23-12-10-18(32-23)15-27-30-24(28-20-8-6-5-7-19(20)25(30)31)22-14-16-13-17(26)9-11-21(16)33-22/h5-15H,3-4H2,1-2H3. The van der Waals surface area contributed by atoms with Gasteiger partial charge in [-0.05, 0) is 56.3 Å². The topological polar surface area (TPSA) is 76.8 Å². The van der Waals surface area contributed by atoms with Gasteiger partial charge in [0, 0.05) is 29.0 Å². The number of rotatable bonds is 6. The first-order chi connectivity index (χ1) is 16.1. The van der Waals surface area contributed by atoms with Crippen LogP contribution in [0, 0.1) is 0 Å². The molecule has 3 heterocycles. The molecule has 0 aliphatic carbocycles. The Hall–Kier alpha value is -3.65. The maximum atomic E-state index is 13.3. The lowest BCUT2D eigenvalue weighted by Gasteiger charge is -2.16. The van der Waals surface area contributed by atoms with Crippen LogP contribution in [0.15, 0.2) is 83.9 Å². The van der Waals surface area contributed by atoms with Gasteiger partial charge in [-0.3, -0.25) is 4.79 Å². The van der Waals surface area contributed by atoms with Crippen LogP contribution in [0.25, 0.3) is 33.5 Å². The Morgan fingerprint density at radius 2 is 1.88 bits per heavy atom. The van der Waals surface area contributed by atoms with E-state index in [1.54, 1.807) is 18.2 Å². The zero-order valence-corrected chi connectivity index (χ0v) is 19.7. The molecule has 5 aromatic rings. The van der Waals surface area contributed by atoms with E-state index < -0.39 is 0 Å². The van der Waals surface area contributed by atoms with Gasteiger partial charge in [-0.1, -0.05) is 28.1 Å². The van der Waals surface area contributed by atoms with E-state index in [9.17, 15) is 4.79 Å². The van der Waals surface area contributed by atoms with Gasteiger partial charge in [0.25, 0.3) is 5.56 Å². The van der Waals surface area contributed by atoms with E-state index in [4.69, 9.17) is 13.8 Å². The quantitative estimate of drug-likeness (QED) is 0.269. The highest BCUT2D eigenvalue weighted by molar-refractivity contribution is 9.10. The fraction of sp³-hybridized carbons (Fsp3) is 0.160. The zero-order valence-electron chi connectivity index (χ0n) is 18.2. The summed E-state index contributed by atoms with van der Waals surface area (Å²) in [6.45, 7) is 5.80. The van der Waals surface area contributed by atoms with Crippen LogP contribution >= 0.6 is 15.9 Å². The molecule has 3 aromatic heterocycles. The Morgan fingerprint density at radius 3 is 2.70 bits per heavy atom. The molecule has 0 aliphatic rings. The summed E-state index contributed by atoms with van der Waals surface area (Å²) in [4.78, 5) is 20.1. The number of halogens is 1. The van der Waals surface area contributed by atoms with E-state index in [1.165, 1.54) is 10.9 Å². The summed E-state index contributed by atoms with van der Waals surface area (Å²) in [5, 5.41) is 5.82. The summed E-state index contributed by atoms with van der Waals surface area (Å²) < 4.78 is 14.1. The number of furan rings is 2. The van der Waals surface area contributed by atoms with Crippen LogP contribution in [-0.4, -0.2) is 29.0 Å². The lowest BCUT2D eigenvalue weighted by Crippen LogP contribution is -2.21. The number of hydrogen-bond acceptors (Lipinski definition) is 6. The number of para-hydroxylation sites is 1. The molecule has 0 bridgehead atoms. The molecule has 7 nitrogen and oxygen atoms in total. The third-order valence-electron chi connectivity index (χ3n) is 5.44. The van der Waals surface area contributed by atoms with Gasteiger partial charge < -0.3 is 13.7 Å². The van der Waals surface area contributed by atoms with Crippen molar-refractivity contribution >= 4 is 49.9 Å². The summed E-state index contributed by atoms with van der Waals surface area (Å²) in [7, 11) is 0. The molecule has 2 aromatic carbocycles. The number of hydrogen-bond donors (Lipinski definition) is 0. The summed E-state index contributed by atoms with van der Waals surface area (Å²) in [6.07, 6.45) is 1.52.